The Hall–Kier alpha value is -1.85. The molecule has 1 aromatic heterocycles. The second-order valence-electron chi connectivity index (χ2n) is 10.7. The summed E-state index contributed by atoms with van der Waals surface area (Å²) in [6, 6.07) is 8.02. The van der Waals surface area contributed by atoms with E-state index in [2.05, 4.69) is 64.9 Å². The Bertz CT molecular complexity index is 1410. The summed E-state index contributed by atoms with van der Waals surface area (Å²) in [6.45, 7) is 12.4. The second-order valence-corrected chi connectivity index (χ2v) is 12.3. The van der Waals surface area contributed by atoms with Crippen LogP contribution >= 0.6 is 46.4 Å². The number of benzene rings is 2. The van der Waals surface area contributed by atoms with Crippen molar-refractivity contribution in [3.8, 4) is 0 Å². The molecular weight excluding hydrogens is 594 g/mol. The smallest absolute Gasteiger partial charge is 0.282 e. The summed E-state index contributed by atoms with van der Waals surface area (Å²) in [5.41, 5.74) is 4.45. The fourth-order valence-corrected chi connectivity index (χ4v) is 6.44. The number of hydrogen-bond acceptors (Lipinski definition) is 2. The third-order valence-corrected chi connectivity index (χ3v) is 9.34. The Morgan fingerprint density at radius 2 is 1.29 bits per heavy atom. The van der Waals surface area contributed by atoms with Crippen LogP contribution in [0.25, 0.3) is 17.1 Å². The molecule has 0 bridgehead atoms. The summed E-state index contributed by atoms with van der Waals surface area (Å²) in [6.07, 6.45) is 16.2. The summed E-state index contributed by atoms with van der Waals surface area (Å²) < 4.78 is 4.73. The first-order chi connectivity index (χ1) is 19.9. The first-order valence-electron chi connectivity index (χ1n) is 15.2. The number of hydrogen-bond donors (Lipinski definition) is 0. The summed E-state index contributed by atoms with van der Waals surface area (Å²) >= 11 is 26.0. The Morgan fingerprint density at radius 1 is 0.683 bits per heavy atom. The van der Waals surface area contributed by atoms with E-state index < -0.39 is 0 Å². The molecule has 4 rings (SSSR count). The minimum absolute atomic E-state index is 0.584. The van der Waals surface area contributed by atoms with E-state index in [1.165, 1.54) is 38.5 Å². The molecule has 222 valence electrons. The molecule has 2 aromatic carbocycles. The molecule has 8 heteroatoms. The van der Waals surface area contributed by atoms with Gasteiger partial charge in [0.15, 0.2) is 11.0 Å². The maximum atomic E-state index is 6.50. The molecule has 0 saturated carbocycles. The predicted octanol–water partition coefficient (Wildman–Crippen LogP) is 10.9. The predicted molar refractivity (Wildman–Crippen MR) is 180 cm³/mol. The van der Waals surface area contributed by atoms with Crippen molar-refractivity contribution in [3.63, 3.8) is 0 Å². The van der Waals surface area contributed by atoms with E-state index in [1.807, 2.05) is 24.3 Å². The van der Waals surface area contributed by atoms with Crippen molar-refractivity contribution in [2.45, 2.75) is 92.2 Å². The van der Waals surface area contributed by atoms with Gasteiger partial charge in [0, 0.05) is 31.3 Å². The van der Waals surface area contributed by atoms with Crippen LogP contribution in [0.4, 0.5) is 11.4 Å². The van der Waals surface area contributed by atoms with Gasteiger partial charge < -0.3 is 9.80 Å². The zero-order chi connectivity index (χ0) is 29.5. The molecule has 0 N–H and O–H groups in total. The van der Waals surface area contributed by atoms with Gasteiger partial charge in [-0.2, -0.15) is 0 Å². The van der Waals surface area contributed by atoms with Crippen LogP contribution in [0.15, 0.2) is 42.2 Å². The molecule has 3 aromatic rings. The third kappa shape index (κ3) is 7.04. The van der Waals surface area contributed by atoms with Crippen LogP contribution in [0.3, 0.4) is 0 Å². The molecule has 4 nitrogen and oxygen atoms in total. The van der Waals surface area contributed by atoms with Gasteiger partial charge in [-0.1, -0.05) is 98.4 Å². The molecule has 2 heterocycles. The minimum atomic E-state index is 0.584. The average Bonchev–Trinajstić information content (AvgIpc) is 3.39. The lowest BCUT2D eigenvalue weighted by Gasteiger charge is -2.24. The first-order valence-corrected chi connectivity index (χ1v) is 16.7. The highest BCUT2D eigenvalue weighted by Gasteiger charge is 2.31. The van der Waals surface area contributed by atoms with Crippen LogP contribution in [0.1, 0.15) is 84.9 Å². The number of allylic oxidation sites excluding steroid dienone is 2. The van der Waals surface area contributed by atoms with Gasteiger partial charge in [-0.25, -0.2) is 9.13 Å². The van der Waals surface area contributed by atoms with E-state index in [-0.39, 0.29) is 0 Å². The van der Waals surface area contributed by atoms with Gasteiger partial charge in [-0.05, 0) is 51.3 Å². The Labute approximate surface area is 266 Å². The highest BCUT2D eigenvalue weighted by Crippen LogP contribution is 2.45. The molecule has 0 aliphatic carbocycles. The molecule has 41 heavy (non-hydrogen) atoms. The standard InChI is InChI=1S/C33H43Cl4N4/c1-5-9-11-13-18-40-30-22-26(36)24(34)20-28(30)38(7-3)32(40)16-15-17-33-39(8-4)29-21-25(35)27(37)23-31(29)41(33)19-14-12-10-6-2/h15-17,20-23H,5-14,18-19H2,1-4H3/q+1. The van der Waals surface area contributed by atoms with E-state index >= 15 is 0 Å². The number of aryl methyl sites for hydroxylation is 2. The van der Waals surface area contributed by atoms with E-state index in [1.54, 1.807) is 0 Å². The number of nitrogens with zero attached hydrogens (tertiary/aromatic N) is 4. The highest BCUT2D eigenvalue weighted by atomic mass is 35.5. The summed E-state index contributed by atoms with van der Waals surface area (Å²) in [7, 11) is 0. The van der Waals surface area contributed by atoms with Gasteiger partial charge in [0.25, 0.3) is 5.82 Å². The van der Waals surface area contributed by atoms with Crippen LogP contribution in [0.2, 0.25) is 20.1 Å². The summed E-state index contributed by atoms with van der Waals surface area (Å²) in [5.74, 6) is 2.29. The Balaban J connectivity index is 1.76. The van der Waals surface area contributed by atoms with Crippen LogP contribution in [0, 0.1) is 0 Å². The quantitative estimate of drug-likeness (QED) is 0.129. The van der Waals surface area contributed by atoms with Gasteiger partial charge in [-0.15, -0.1) is 0 Å². The molecule has 1 aliphatic rings. The fraction of sp³-hybridized carbons (Fsp3) is 0.485. The summed E-state index contributed by atoms with van der Waals surface area (Å²) in [5, 5.41) is 2.34. The second kappa shape index (κ2) is 15.0. The average molecular weight is 638 g/mol. The van der Waals surface area contributed by atoms with E-state index in [9.17, 15) is 0 Å². The topological polar surface area (TPSA) is 15.3 Å². The first kappa shape index (κ1) is 32.1. The molecular formula is C33H43Cl4N4+. The van der Waals surface area contributed by atoms with Crippen molar-refractivity contribution in [2.24, 2.45) is 0 Å². The van der Waals surface area contributed by atoms with Gasteiger partial charge in [0.2, 0.25) is 0 Å². The Kier molecular flexibility index (Phi) is 11.8. The van der Waals surface area contributed by atoms with Crippen molar-refractivity contribution < 1.29 is 4.57 Å². The summed E-state index contributed by atoms with van der Waals surface area (Å²) in [4.78, 5) is 4.73. The van der Waals surface area contributed by atoms with Gasteiger partial charge >= 0.3 is 0 Å². The molecule has 0 fully saturated rings. The van der Waals surface area contributed by atoms with Crippen LogP contribution in [-0.2, 0) is 13.1 Å². The van der Waals surface area contributed by atoms with Crippen LogP contribution in [-0.4, -0.2) is 17.7 Å². The highest BCUT2D eigenvalue weighted by molar-refractivity contribution is 6.43. The maximum Gasteiger partial charge on any atom is 0.282 e. The van der Waals surface area contributed by atoms with Gasteiger partial charge in [-0.3, -0.25) is 0 Å². The number of fused-ring (bicyclic) bond motifs is 2. The zero-order valence-corrected chi connectivity index (χ0v) is 27.9. The van der Waals surface area contributed by atoms with Gasteiger partial charge in [0.1, 0.15) is 5.82 Å². The van der Waals surface area contributed by atoms with Crippen molar-refractivity contribution in [3.05, 3.63) is 68.2 Å². The lowest BCUT2D eigenvalue weighted by molar-refractivity contribution is -0.674. The monoisotopic (exact) mass is 635 g/mol. The third-order valence-electron chi connectivity index (χ3n) is 7.90. The number of anilines is 2. The Morgan fingerprint density at radius 3 is 1.93 bits per heavy atom. The largest absolute Gasteiger partial charge is 0.326 e. The molecule has 1 aliphatic heterocycles. The van der Waals surface area contributed by atoms with Crippen molar-refractivity contribution in [1.29, 1.82) is 0 Å². The van der Waals surface area contributed by atoms with E-state index in [4.69, 9.17) is 46.4 Å². The van der Waals surface area contributed by atoms with Gasteiger partial charge in [0.05, 0.1) is 44.6 Å². The van der Waals surface area contributed by atoms with Crippen LogP contribution < -0.4 is 14.4 Å². The molecule has 0 unspecified atom stereocenters. The maximum absolute atomic E-state index is 6.50. The molecule has 0 saturated heterocycles. The minimum Gasteiger partial charge on any atom is -0.326 e. The molecule has 0 atom stereocenters. The normalized spacial score (nSPS) is 14.4. The molecule has 0 spiro atoms. The van der Waals surface area contributed by atoms with E-state index in [0.29, 0.717) is 20.1 Å². The number of halogens is 4. The lowest BCUT2D eigenvalue weighted by Crippen LogP contribution is -2.36. The molecule has 0 amide bonds. The number of unbranched alkanes of at least 4 members (excludes halogenated alkanes) is 6. The van der Waals surface area contributed by atoms with Crippen molar-refractivity contribution in [2.75, 3.05) is 22.9 Å². The number of rotatable bonds is 14. The SMILES string of the molecule is CCCCCCN1/C(=C/C=C/c2n(CC)c3cc(Cl)c(Cl)cc3[n+]2CCCCCC)N(CC)c2cc(Cl)c(Cl)cc21. The lowest BCUT2D eigenvalue weighted by atomic mass is 10.2. The van der Waals surface area contributed by atoms with E-state index in [0.717, 1.165) is 73.1 Å². The number of imidazole rings is 1. The zero-order valence-electron chi connectivity index (χ0n) is 24.8. The molecule has 0 radical (unpaired) electrons. The van der Waals surface area contributed by atoms with Crippen molar-refractivity contribution in [1.82, 2.24) is 4.57 Å². The fourth-order valence-electron chi connectivity index (χ4n) is 5.81. The van der Waals surface area contributed by atoms with Crippen molar-refractivity contribution >= 4 is 74.9 Å². The number of aromatic nitrogens is 2. The van der Waals surface area contributed by atoms with Crippen LogP contribution in [0.5, 0.6) is 0 Å².